The molecule has 2 N–H and O–H groups in total. The number of nitrogens with two attached hydrogens (primary N) is 1. The van der Waals surface area contributed by atoms with E-state index in [-0.39, 0.29) is 16.5 Å². The number of hydrogen-bond acceptors (Lipinski definition) is 6. The molecule has 0 aromatic carbocycles. The van der Waals surface area contributed by atoms with E-state index in [4.69, 9.17) is 5.73 Å². The first-order valence-electron chi connectivity index (χ1n) is 6.68. The Labute approximate surface area is 118 Å². The summed E-state index contributed by atoms with van der Waals surface area (Å²) in [6, 6.07) is 0.402. The number of sulfone groups is 1. The molecule has 0 saturated heterocycles. The van der Waals surface area contributed by atoms with Crippen LogP contribution < -0.4 is 10.6 Å². The van der Waals surface area contributed by atoms with Gasteiger partial charge in [-0.05, 0) is 24.4 Å². The average molecular weight is 303 g/mol. The molecule has 19 heavy (non-hydrogen) atoms. The molecule has 0 radical (unpaired) electrons. The van der Waals surface area contributed by atoms with Crippen LogP contribution in [0.5, 0.6) is 0 Å². The highest BCUT2D eigenvalue weighted by Crippen LogP contribution is 2.37. The van der Waals surface area contributed by atoms with Gasteiger partial charge >= 0.3 is 0 Å². The summed E-state index contributed by atoms with van der Waals surface area (Å²) in [6.45, 7) is 1.64. The topological polar surface area (TPSA) is 76.3 Å². The molecule has 1 saturated carbocycles. The van der Waals surface area contributed by atoms with Crippen LogP contribution in [0.3, 0.4) is 0 Å². The number of aromatic nitrogens is 1. The van der Waals surface area contributed by atoms with E-state index < -0.39 is 9.84 Å². The molecule has 0 bridgehead atoms. The third-order valence-electron chi connectivity index (χ3n) is 3.79. The minimum absolute atomic E-state index is 0.0567. The molecule has 1 aromatic rings. The lowest BCUT2D eigenvalue weighted by Gasteiger charge is -2.32. The maximum atomic E-state index is 12.2. The number of rotatable bonds is 4. The second-order valence-corrected chi connectivity index (χ2v) is 7.98. The number of nitrogens with zero attached hydrogens (tertiary/aromatic N) is 2. The molecule has 0 aliphatic heterocycles. The quantitative estimate of drug-likeness (QED) is 0.923. The van der Waals surface area contributed by atoms with Crippen molar-refractivity contribution >= 4 is 32.2 Å². The summed E-state index contributed by atoms with van der Waals surface area (Å²) in [7, 11) is -1.36. The van der Waals surface area contributed by atoms with Crippen LogP contribution in [0.15, 0.2) is 4.90 Å². The van der Waals surface area contributed by atoms with Gasteiger partial charge in [0.05, 0.1) is 5.75 Å². The van der Waals surface area contributed by atoms with Crippen LogP contribution in [0, 0.1) is 0 Å². The monoisotopic (exact) mass is 303 g/mol. The summed E-state index contributed by atoms with van der Waals surface area (Å²) in [5.74, 6) is 0.200. The molecule has 1 fully saturated rings. The van der Waals surface area contributed by atoms with Crippen LogP contribution in [-0.2, 0) is 9.84 Å². The van der Waals surface area contributed by atoms with Crippen LogP contribution in [0.2, 0.25) is 0 Å². The molecule has 2 rings (SSSR count). The van der Waals surface area contributed by atoms with Crippen molar-refractivity contribution in [3.05, 3.63) is 0 Å². The predicted octanol–water partition coefficient (Wildman–Crippen LogP) is 2.29. The van der Waals surface area contributed by atoms with Gasteiger partial charge in [0.15, 0.2) is 15.7 Å². The van der Waals surface area contributed by atoms with Crippen molar-refractivity contribution in [3.63, 3.8) is 0 Å². The highest BCUT2D eigenvalue weighted by atomic mass is 32.2. The molecule has 0 amide bonds. The Morgan fingerprint density at radius 2 is 2.00 bits per heavy atom. The van der Waals surface area contributed by atoms with Crippen LogP contribution in [0.4, 0.5) is 10.8 Å². The molecule has 108 valence electrons. The van der Waals surface area contributed by atoms with Crippen LogP contribution >= 0.6 is 11.5 Å². The van der Waals surface area contributed by atoms with Gasteiger partial charge in [-0.3, -0.25) is 0 Å². The zero-order valence-electron chi connectivity index (χ0n) is 11.4. The van der Waals surface area contributed by atoms with Crippen molar-refractivity contribution in [2.24, 2.45) is 0 Å². The largest absolute Gasteiger partial charge is 0.382 e. The van der Waals surface area contributed by atoms with Crippen LogP contribution in [-0.4, -0.2) is 31.6 Å². The third-order valence-corrected chi connectivity index (χ3v) is 6.66. The van der Waals surface area contributed by atoms with E-state index in [1.54, 1.807) is 6.92 Å². The highest BCUT2D eigenvalue weighted by molar-refractivity contribution is 7.91. The lowest BCUT2D eigenvalue weighted by molar-refractivity contribution is 0.428. The molecular formula is C12H21N3O2S2. The van der Waals surface area contributed by atoms with Gasteiger partial charge in [0, 0.05) is 13.1 Å². The van der Waals surface area contributed by atoms with Crippen LogP contribution in [0.25, 0.3) is 0 Å². The summed E-state index contributed by atoms with van der Waals surface area (Å²) < 4.78 is 28.3. The summed E-state index contributed by atoms with van der Waals surface area (Å²) in [5.41, 5.74) is 5.76. The Morgan fingerprint density at radius 3 is 2.58 bits per heavy atom. The Hall–Kier alpha value is -0.820. The maximum Gasteiger partial charge on any atom is 0.184 e. The fraction of sp³-hybridized carbons (Fsp3) is 0.750. The second-order valence-electron chi connectivity index (χ2n) is 5.01. The second kappa shape index (κ2) is 5.66. The molecule has 1 aliphatic carbocycles. The van der Waals surface area contributed by atoms with E-state index in [2.05, 4.69) is 9.27 Å². The SMILES string of the molecule is CCS(=O)(=O)c1c(N)nsc1N(C)C1CCCCC1. The van der Waals surface area contributed by atoms with E-state index in [0.29, 0.717) is 11.0 Å². The first-order valence-corrected chi connectivity index (χ1v) is 9.10. The van der Waals surface area contributed by atoms with Gasteiger partial charge in [0.2, 0.25) is 0 Å². The summed E-state index contributed by atoms with van der Waals surface area (Å²) in [5, 5.41) is 0.700. The van der Waals surface area contributed by atoms with E-state index in [0.717, 1.165) is 12.8 Å². The molecule has 0 unspecified atom stereocenters. The lowest BCUT2D eigenvalue weighted by Crippen LogP contribution is -2.33. The summed E-state index contributed by atoms with van der Waals surface area (Å²) >= 11 is 1.19. The zero-order valence-corrected chi connectivity index (χ0v) is 13.1. The Morgan fingerprint density at radius 1 is 1.37 bits per heavy atom. The molecule has 7 heteroatoms. The fourth-order valence-electron chi connectivity index (χ4n) is 2.58. The highest BCUT2D eigenvalue weighted by Gasteiger charge is 2.29. The minimum Gasteiger partial charge on any atom is -0.382 e. The van der Waals surface area contributed by atoms with Gasteiger partial charge < -0.3 is 10.6 Å². The Kier molecular flexibility index (Phi) is 4.35. The molecule has 0 atom stereocenters. The van der Waals surface area contributed by atoms with Gasteiger partial charge in [-0.1, -0.05) is 26.2 Å². The molecular weight excluding hydrogens is 282 g/mol. The minimum atomic E-state index is -3.32. The molecule has 5 nitrogen and oxygen atoms in total. The van der Waals surface area contributed by atoms with Gasteiger partial charge in [-0.15, -0.1) is 0 Å². The first kappa shape index (κ1) is 14.6. The predicted molar refractivity (Wildman–Crippen MR) is 79.5 cm³/mol. The van der Waals surface area contributed by atoms with Crippen molar-refractivity contribution in [2.45, 2.75) is 50.0 Å². The van der Waals surface area contributed by atoms with E-state index in [1.807, 2.05) is 7.05 Å². The summed E-state index contributed by atoms with van der Waals surface area (Å²) in [6.07, 6.45) is 5.91. The molecule has 1 aliphatic rings. The number of hydrogen-bond donors (Lipinski definition) is 1. The van der Waals surface area contributed by atoms with Gasteiger partial charge in [-0.25, -0.2) is 8.42 Å². The lowest BCUT2D eigenvalue weighted by atomic mass is 9.95. The van der Waals surface area contributed by atoms with Crippen molar-refractivity contribution in [1.29, 1.82) is 0 Å². The Bertz CT molecular complexity index is 533. The molecule has 0 spiro atoms. The van der Waals surface area contributed by atoms with Crippen molar-refractivity contribution in [2.75, 3.05) is 23.4 Å². The van der Waals surface area contributed by atoms with Gasteiger partial charge in [0.1, 0.15) is 9.90 Å². The smallest absolute Gasteiger partial charge is 0.184 e. The van der Waals surface area contributed by atoms with Crippen molar-refractivity contribution < 1.29 is 8.42 Å². The van der Waals surface area contributed by atoms with E-state index in [9.17, 15) is 8.42 Å². The first-order chi connectivity index (χ1) is 8.97. The van der Waals surface area contributed by atoms with Crippen molar-refractivity contribution in [3.8, 4) is 0 Å². The average Bonchev–Trinajstić information content (AvgIpc) is 2.81. The molecule has 1 aromatic heterocycles. The fourth-order valence-corrected chi connectivity index (χ4v) is 4.94. The van der Waals surface area contributed by atoms with Crippen LogP contribution in [0.1, 0.15) is 39.0 Å². The standard InChI is InChI=1S/C12H21N3O2S2/c1-3-19(16,17)10-11(13)14-18-12(10)15(2)9-7-5-4-6-8-9/h9H,3-8H2,1-2H3,(H2,13,14). The third kappa shape index (κ3) is 2.86. The number of anilines is 2. The number of nitrogen functional groups attached to an aromatic ring is 1. The van der Waals surface area contributed by atoms with Gasteiger partial charge in [0.25, 0.3) is 0 Å². The Balaban J connectivity index is 2.35. The summed E-state index contributed by atoms with van der Waals surface area (Å²) in [4.78, 5) is 2.29. The van der Waals surface area contributed by atoms with E-state index >= 15 is 0 Å². The van der Waals surface area contributed by atoms with Gasteiger partial charge in [-0.2, -0.15) is 4.37 Å². The van der Waals surface area contributed by atoms with Crippen molar-refractivity contribution in [1.82, 2.24) is 4.37 Å². The van der Waals surface area contributed by atoms with E-state index in [1.165, 1.54) is 30.8 Å². The molecule has 1 heterocycles. The zero-order chi connectivity index (χ0) is 14.0. The normalized spacial score (nSPS) is 17.6. The maximum absolute atomic E-state index is 12.2.